The molecule has 0 aliphatic heterocycles. The lowest BCUT2D eigenvalue weighted by molar-refractivity contribution is -0.304. The molecule has 8 nitrogen and oxygen atoms in total. The van der Waals surface area contributed by atoms with Gasteiger partial charge in [0.2, 0.25) is 0 Å². The minimum atomic E-state index is -2.99. The van der Waals surface area contributed by atoms with Crippen LogP contribution >= 0.6 is 0 Å². The van der Waals surface area contributed by atoms with Gasteiger partial charge >= 0.3 is 5.97 Å². The van der Waals surface area contributed by atoms with E-state index in [1.807, 2.05) is 13.8 Å². The molecule has 0 saturated carbocycles. The molecule has 0 unspecified atom stereocenters. The van der Waals surface area contributed by atoms with Gasteiger partial charge in [-0.2, -0.15) is 0 Å². The maximum Gasteiger partial charge on any atom is 0.355 e. The second-order valence-corrected chi connectivity index (χ2v) is 6.35. The molecule has 0 bridgehead atoms. The van der Waals surface area contributed by atoms with Crippen LogP contribution in [-0.2, 0) is 5.97 Å². The lowest BCUT2D eigenvalue weighted by Crippen LogP contribution is -2.34. The van der Waals surface area contributed by atoms with Crippen LogP contribution < -0.4 is 4.74 Å². The highest BCUT2D eigenvalue weighted by Crippen LogP contribution is 2.33. The van der Waals surface area contributed by atoms with E-state index in [-0.39, 0.29) is 23.6 Å². The standard InChI is InChI=1S/C19H18FN3O5/c1-11(2)17-22-6-7-23(17)18-14(4-3-5-21-18)19(26,27)28-16-9-12(20)8-15(25)13(16)10-24/h3-11,25-27H,1-2H3. The number of imidazole rings is 1. The van der Waals surface area contributed by atoms with Gasteiger partial charge in [0.05, 0.1) is 11.1 Å². The Morgan fingerprint density at radius 3 is 2.68 bits per heavy atom. The number of carbonyl (C=O) groups excluding carboxylic acids is 1. The number of pyridine rings is 1. The van der Waals surface area contributed by atoms with Crippen molar-refractivity contribution in [3.05, 3.63) is 65.6 Å². The SMILES string of the molecule is CC(C)c1nccn1-c1ncccc1C(O)(O)Oc1cc(F)cc(O)c1C=O. The molecule has 0 radical (unpaired) electrons. The molecular weight excluding hydrogens is 369 g/mol. The van der Waals surface area contributed by atoms with Crippen LogP contribution in [0.5, 0.6) is 11.5 Å². The number of aliphatic hydroxyl groups is 2. The van der Waals surface area contributed by atoms with Crippen LogP contribution in [0.1, 0.15) is 41.5 Å². The van der Waals surface area contributed by atoms with Gasteiger partial charge in [-0.15, -0.1) is 0 Å². The number of ether oxygens (including phenoxy) is 1. The Bertz CT molecular complexity index is 1020. The number of phenols is 1. The van der Waals surface area contributed by atoms with E-state index in [4.69, 9.17) is 4.74 Å². The van der Waals surface area contributed by atoms with E-state index in [0.717, 1.165) is 6.07 Å². The summed E-state index contributed by atoms with van der Waals surface area (Å²) in [6.07, 6.45) is 4.81. The zero-order valence-corrected chi connectivity index (χ0v) is 15.1. The molecule has 3 rings (SSSR count). The fraction of sp³-hybridized carbons (Fsp3) is 0.211. The van der Waals surface area contributed by atoms with Gasteiger partial charge in [0.15, 0.2) is 12.1 Å². The molecule has 0 spiro atoms. The van der Waals surface area contributed by atoms with Crippen molar-refractivity contribution in [3.8, 4) is 17.3 Å². The number of aldehydes is 1. The van der Waals surface area contributed by atoms with Crippen LogP contribution in [-0.4, -0.2) is 36.1 Å². The van der Waals surface area contributed by atoms with Crippen molar-refractivity contribution in [1.29, 1.82) is 0 Å². The molecule has 0 aliphatic carbocycles. The molecule has 0 saturated heterocycles. The molecule has 0 amide bonds. The molecule has 1 aromatic carbocycles. The first kappa shape index (κ1) is 19.5. The van der Waals surface area contributed by atoms with Crippen molar-refractivity contribution in [3.63, 3.8) is 0 Å². The number of benzene rings is 1. The van der Waals surface area contributed by atoms with Gasteiger partial charge in [-0.1, -0.05) is 13.8 Å². The van der Waals surface area contributed by atoms with E-state index >= 15 is 0 Å². The van der Waals surface area contributed by atoms with Gasteiger partial charge in [-0.3, -0.25) is 9.36 Å². The highest BCUT2D eigenvalue weighted by Gasteiger charge is 2.35. The van der Waals surface area contributed by atoms with Crippen molar-refractivity contribution in [1.82, 2.24) is 14.5 Å². The molecule has 28 heavy (non-hydrogen) atoms. The van der Waals surface area contributed by atoms with Gasteiger partial charge in [-0.25, -0.2) is 14.4 Å². The van der Waals surface area contributed by atoms with Crippen molar-refractivity contribution >= 4 is 6.29 Å². The van der Waals surface area contributed by atoms with Crippen LogP contribution in [0.3, 0.4) is 0 Å². The lowest BCUT2D eigenvalue weighted by atomic mass is 10.1. The van der Waals surface area contributed by atoms with E-state index in [0.29, 0.717) is 11.9 Å². The third kappa shape index (κ3) is 3.57. The topological polar surface area (TPSA) is 118 Å². The van der Waals surface area contributed by atoms with Crippen LogP contribution in [0.4, 0.5) is 4.39 Å². The van der Waals surface area contributed by atoms with Crippen LogP contribution in [0, 0.1) is 5.82 Å². The smallest absolute Gasteiger partial charge is 0.355 e. The Morgan fingerprint density at radius 2 is 2.00 bits per heavy atom. The second kappa shape index (κ2) is 7.37. The number of halogens is 1. The van der Waals surface area contributed by atoms with Crippen molar-refractivity contribution in [2.75, 3.05) is 0 Å². The maximum atomic E-state index is 13.6. The average Bonchev–Trinajstić information content (AvgIpc) is 3.11. The number of carbonyl (C=O) groups is 1. The van der Waals surface area contributed by atoms with E-state index < -0.39 is 28.9 Å². The second-order valence-electron chi connectivity index (χ2n) is 6.35. The van der Waals surface area contributed by atoms with Crippen LogP contribution in [0.2, 0.25) is 0 Å². The minimum Gasteiger partial charge on any atom is -0.507 e. The third-order valence-electron chi connectivity index (χ3n) is 4.01. The highest BCUT2D eigenvalue weighted by molar-refractivity contribution is 5.83. The zero-order valence-electron chi connectivity index (χ0n) is 15.1. The number of rotatable bonds is 6. The summed E-state index contributed by atoms with van der Waals surface area (Å²) in [6, 6.07) is 4.28. The van der Waals surface area contributed by atoms with Crippen LogP contribution in [0.15, 0.2) is 42.9 Å². The predicted molar refractivity (Wildman–Crippen MR) is 95.6 cm³/mol. The molecule has 0 fully saturated rings. The number of aromatic hydroxyl groups is 1. The number of phenolic OH excluding ortho intramolecular Hbond substituents is 1. The fourth-order valence-electron chi connectivity index (χ4n) is 2.75. The minimum absolute atomic E-state index is 0.0133. The number of hydrogen-bond acceptors (Lipinski definition) is 7. The molecule has 2 aromatic heterocycles. The number of hydrogen-bond donors (Lipinski definition) is 3. The molecule has 146 valence electrons. The highest BCUT2D eigenvalue weighted by atomic mass is 19.1. The summed E-state index contributed by atoms with van der Waals surface area (Å²) in [5, 5.41) is 30.9. The molecular formula is C19H18FN3O5. The molecule has 2 heterocycles. The first-order valence-corrected chi connectivity index (χ1v) is 8.35. The summed E-state index contributed by atoms with van der Waals surface area (Å²) < 4.78 is 20.3. The zero-order chi connectivity index (χ0) is 20.5. The Kier molecular flexibility index (Phi) is 5.12. The normalized spacial score (nSPS) is 11.6. The van der Waals surface area contributed by atoms with Crippen molar-refractivity contribution < 1.29 is 29.2 Å². The van der Waals surface area contributed by atoms with Gasteiger partial charge in [0, 0.05) is 36.6 Å². The molecule has 3 aromatic rings. The Morgan fingerprint density at radius 1 is 1.25 bits per heavy atom. The van der Waals surface area contributed by atoms with Crippen molar-refractivity contribution in [2.45, 2.75) is 25.7 Å². The quantitative estimate of drug-likeness (QED) is 0.438. The molecule has 3 N–H and O–H groups in total. The van der Waals surface area contributed by atoms with E-state index in [9.17, 15) is 24.5 Å². The molecule has 0 atom stereocenters. The molecule has 9 heteroatoms. The first-order valence-electron chi connectivity index (χ1n) is 8.35. The third-order valence-corrected chi connectivity index (χ3v) is 4.01. The largest absolute Gasteiger partial charge is 0.507 e. The summed E-state index contributed by atoms with van der Waals surface area (Å²) in [5.41, 5.74) is -0.597. The Hall–Kier alpha value is -3.30. The molecule has 0 aliphatic rings. The Labute approximate surface area is 159 Å². The predicted octanol–water partition coefficient (Wildman–Crippen LogP) is 2.22. The summed E-state index contributed by atoms with van der Waals surface area (Å²) in [7, 11) is 0. The van der Waals surface area contributed by atoms with E-state index in [2.05, 4.69) is 9.97 Å². The van der Waals surface area contributed by atoms with Gasteiger partial charge in [0.1, 0.15) is 23.1 Å². The maximum absolute atomic E-state index is 13.6. The van der Waals surface area contributed by atoms with Gasteiger partial charge < -0.3 is 20.1 Å². The summed E-state index contributed by atoms with van der Waals surface area (Å²) in [5.74, 6) is -4.38. The van der Waals surface area contributed by atoms with E-state index in [1.165, 1.54) is 18.3 Å². The number of nitrogens with zero attached hydrogens (tertiary/aromatic N) is 3. The van der Waals surface area contributed by atoms with Gasteiger partial charge in [-0.05, 0) is 12.1 Å². The Balaban J connectivity index is 2.10. The monoisotopic (exact) mass is 387 g/mol. The summed E-state index contributed by atoms with van der Waals surface area (Å²) in [4.78, 5) is 19.6. The fourth-order valence-corrected chi connectivity index (χ4v) is 2.75. The first-order chi connectivity index (χ1) is 13.2. The average molecular weight is 387 g/mol. The number of aromatic nitrogens is 3. The van der Waals surface area contributed by atoms with E-state index in [1.54, 1.807) is 17.0 Å². The van der Waals surface area contributed by atoms with Crippen molar-refractivity contribution in [2.24, 2.45) is 0 Å². The summed E-state index contributed by atoms with van der Waals surface area (Å²) in [6.45, 7) is 3.82. The summed E-state index contributed by atoms with van der Waals surface area (Å²) >= 11 is 0. The lowest BCUT2D eigenvalue weighted by Gasteiger charge is -2.26. The van der Waals surface area contributed by atoms with Gasteiger partial charge in [0.25, 0.3) is 0 Å². The van der Waals surface area contributed by atoms with Crippen LogP contribution in [0.25, 0.3) is 5.82 Å².